The van der Waals surface area contributed by atoms with E-state index in [0.29, 0.717) is 12.3 Å². The third kappa shape index (κ3) is 4.24. The van der Waals surface area contributed by atoms with E-state index in [1.165, 1.54) is 31.4 Å². The maximum atomic E-state index is 12.9. The van der Waals surface area contributed by atoms with E-state index in [0.717, 1.165) is 75.8 Å². The molecule has 0 spiro atoms. The van der Waals surface area contributed by atoms with E-state index in [1.807, 2.05) is 0 Å². The maximum absolute atomic E-state index is 12.9. The Kier molecular flexibility index (Phi) is 5.64. The van der Waals surface area contributed by atoms with Crippen LogP contribution in [-0.4, -0.2) is 58.5 Å². The molecule has 29 heavy (non-hydrogen) atoms. The lowest BCUT2D eigenvalue weighted by molar-refractivity contribution is -0.117. The number of morpholine rings is 2. The molecule has 3 atom stereocenters. The van der Waals surface area contributed by atoms with Crippen LogP contribution in [0.25, 0.3) is 0 Å². The summed E-state index contributed by atoms with van der Waals surface area (Å²) < 4.78 is 11.1. The molecule has 4 fully saturated rings. The van der Waals surface area contributed by atoms with Crippen molar-refractivity contribution >= 4 is 23.0 Å². The summed E-state index contributed by atoms with van der Waals surface area (Å²) in [6.07, 6.45) is 5.99. The van der Waals surface area contributed by atoms with Crippen LogP contribution < -0.4 is 15.1 Å². The van der Waals surface area contributed by atoms with Crippen molar-refractivity contribution in [1.82, 2.24) is 0 Å². The average molecular weight is 400 g/mol. The van der Waals surface area contributed by atoms with E-state index >= 15 is 0 Å². The lowest BCUT2D eigenvalue weighted by Gasteiger charge is -2.33. The molecule has 5 rings (SSSR count). The van der Waals surface area contributed by atoms with Crippen molar-refractivity contribution in [1.29, 1.82) is 0 Å². The number of carbonyl (C=O) groups is 1. The molecular weight excluding hydrogens is 366 g/mol. The smallest absolute Gasteiger partial charge is 0.224 e. The summed E-state index contributed by atoms with van der Waals surface area (Å²) in [7, 11) is 0. The Labute approximate surface area is 173 Å². The van der Waals surface area contributed by atoms with Crippen molar-refractivity contribution in [3.63, 3.8) is 0 Å². The Morgan fingerprint density at radius 3 is 2.34 bits per heavy atom. The van der Waals surface area contributed by atoms with Crippen LogP contribution >= 0.6 is 0 Å². The quantitative estimate of drug-likeness (QED) is 0.825. The molecular formula is C23H33N3O3. The van der Waals surface area contributed by atoms with Crippen LogP contribution in [0.3, 0.4) is 0 Å². The van der Waals surface area contributed by atoms with Crippen LogP contribution in [0.5, 0.6) is 0 Å². The number of hydrogen-bond donors (Lipinski definition) is 1. The lowest BCUT2D eigenvalue weighted by Crippen LogP contribution is -2.38. The fraction of sp³-hybridized carbons (Fsp3) is 0.696. The van der Waals surface area contributed by atoms with Crippen molar-refractivity contribution in [2.75, 3.05) is 67.7 Å². The van der Waals surface area contributed by atoms with Crippen molar-refractivity contribution < 1.29 is 14.3 Å². The molecule has 1 N–H and O–H groups in total. The van der Waals surface area contributed by atoms with Crippen LogP contribution in [0.4, 0.5) is 17.1 Å². The Morgan fingerprint density at radius 2 is 1.69 bits per heavy atom. The molecule has 2 bridgehead atoms. The topological polar surface area (TPSA) is 54.0 Å². The highest BCUT2D eigenvalue weighted by atomic mass is 16.5. The molecule has 2 aliphatic heterocycles. The molecule has 0 unspecified atom stereocenters. The largest absolute Gasteiger partial charge is 0.378 e. The first-order valence-electron chi connectivity index (χ1n) is 11.4. The second-order valence-corrected chi connectivity index (χ2v) is 9.09. The van der Waals surface area contributed by atoms with Gasteiger partial charge < -0.3 is 24.6 Å². The number of anilines is 3. The van der Waals surface area contributed by atoms with Gasteiger partial charge in [0.05, 0.1) is 37.8 Å². The number of ether oxygens (including phenoxy) is 2. The van der Waals surface area contributed by atoms with Gasteiger partial charge in [-0.25, -0.2) is 0 Å². The lowest BCUT2D eigenvalue weighted by atomic mass is 9.86. The number of rotatable bonds is 5. The SMILES string of the molecule is O=C(C[C@@H]1C[C@H]2CC[C@H]1C2)Nc1ccc(N2CCOCC2)cc1N1CCOCC1. The van der Waals surface area contributed by atoms with E-state index < -0.39 is 0 Å². The van der Waals surface area contributed by atoms with Crippen molar-refractivity contribution in [3.8, 4) is 0 Å². The summed E-state index contributed by atoms with van der Waals surface area (Å²) in [5, 5.41) is 3.26. The predicted octanol–water partition coefficient (Wildman–Crippen LogP) is 3.12. The van der Waals surface area contributed by atoms with Gasteiger partial charge in [-0.15, -0.1) is 0 Å². The second kappa shape index (κ2) is 8.52. The standard InChI is InChI=1S/C23H33N3O3/c27-23(15-19-14-17-1-2-18(19)13-17)24-21-4-3-20(25-5-9-28-10-6-25)16-22(21)26-7-11-29-12-8-26/h3-4,16-19H,1-2,5-15H2,(H,24,27)/t17-,18-,19-/m0/s1. The van der Waals surface area contributed by atoms with Crippen LogP contribution in [0, 0.1) is 17.8 Å². The van der Waals surface area contributed by atoms with Crippen LogP contribution in [0.1, 0.15) is 32.1 Å². The number of amides is 1. The molecule has 6 heteroatoms. The van der Waals surface area contributed by atoms with Gasteiger partial charge in [-0.2, -0.15) is 0 Å². The summed E-state index contributed by atoms with van der Waals surface area (Å²) in [6, 6.07) is 6.47. The molecule has 0 aromatic heterocycles. The van der Waals surface area contributed by atoms with Gasteiger partial charge in [-0.1, -0.05) is 6.42 Å². The minimum atomic E-state index is 0.177. The van der Waals surface area contributed by atoms with E-state index in [2.05, 4.69) is 33.3 Å². The van der Waals surface area contributed by atoms with Gasteiger partial charge >= 0.3 is 0 Å². The highest BCUT2D eigenvalue weighted by Gasteiger charge is 2.40. The first-order chi connectivity index (χ1) is 14.3. The normalized spacial score (nSPS) is 29.3. The fourth-order valence-electron chi connectivity index (χ4n) is 5.78. The zero-order valence-electron chi connectivity index (χ0n) is 17.3. The van der Waals surface area contributed by atoms with E-state index in [9.17, 15) is 4.79 Å². The number of hydrogen-bond acceptors (Lipinski definition) is 5. The molecule has 2 saturated carbocycles. The van der Waals surface area contributed by atoms with Gasteiger partial charge in [0.2, 0.25) is 5.91 Å². The van der Waals surface area contributed by atoms with Gasteiger partial charge in [-0.3, -0.25) is 4.79 Å². The molecule has 2 saturated heterocycles. The zero-order chi connectivity index (χ0) is 19.6. The fourth-order valence-corrected chi connectivity index (χ4v) is 5.78. The summed E-state index contributed by atoms with van der Waals surface area (Å²) in [4.78, 5) is 17.6. The van der Waals surface area contributed by atoms with Crippen LogP contribution in [0.15, 0.2) is 18.2 Å². The van der Waals surface area contributed by atoms with Gasteiger partial charge in [0.25, 0.3) is 0 Å². The van der Waals surface area contributed by atoms with E-state index in [4.69, 9.17) is 9.47 Å². The molecule has 0 radical (unpaired) electrons. The third-order valence-electron chi connectivity index (χ3n) is 7.32. The first-order valence-corrected chi connectivity index (χ1v) is 11.4. The van der Waals surface area contributed by atoms with Crippen molar-refractivity contribution in [2.45, 2.75) is 32.1 Å². The molecule has 2 heterocycles. The van der Waals surface area contributed by atoms with E-state index in [-0.39, 0.29) is 5.91 Å². The average Bonchev–Trinajstić information content (AvgIpc) is 3.38. The molecule has 2 aliphatic carbocycles. The summed E-state index contributed by atoms with van der Waals surface area (Å²) in [6.45, 7) is 6.57. The zero-order valence-corrected chi connectivity index (χ0v) is 17.3. The summed E-state index contributed by atoms with van der Waals surface area (Å²) in [5.74, 6) is 2.44. The Morgan fingerprint density at radius 1 is 0.966 bits per heavy atom. The van der Waals surface area contributed by atoms with Gasteiger partial charge in [-0.05, 0) is 55.2 Å². The Bertz CT molecular complexity index is 728. The van der Waals surface area contributed by atoms with E-state index in [1.54, 1.807) is 0 Å². The number of nitrogens with one attached hydrogen (secondary N) is 1. The minimum absolute atomic E-state index is 0.177. The highest BCUT2D eigenvalue weighted by Crippen LogP contribution is 2.49. The number of fused-ring (bicyclic) bond motifs is 2. The van der Waals surface area contributed by atoms with Gasteiger partial charge in [0.15, 0.2) is 0 Å². The minimum Gasteiger partial charge on any atom is -0.378 e. The second-order valence-electron chi connectivity index (χ2n) is 9.09. The molecule has 4 aliphatic rings. The Hall–Kier alpha value is -1.79. The van der Waals surface area contributed by atoms with Gasteiger partial charge in [0, 0.05) is 38.3 Å². The van der Waals surface area contributed by atoms with Gasteiger partial charge in [0.1, 0.15) is 0 Å². The Balaban J connectivity index is 1.32. The number of carbonyl (C=O) groups excluding carboxylic acids is 1. The first kappa shape index (κ1) is 19.2. The predicted molar refractivity (Wildman–Crippen MR) is 115 cm³/mol. The van der Waals surface area contributed by atoms with Crippen molar-refractivity contribution in [3.05, 3.63) is 18.2 Å². The molecule has 1 aromatic carbocycles. The van der Waals surface area contributed by atoms with Crippen molar-refractivity contribution in [2.24, 2.45) is 17.8 Å². The third-order valence-corrected chi connectivity index (χ3v) is 7.32. The van der Waals surface area contributed by atoms with Crippen LogP contribution in [-0.2, 0) is 14.3 Å². The maximum Gasteiger partial charge on any atom is 0.224 e. The molecule has 158 valence electrons. The number of benzene rings is 1. The summed E-state index contributed by atoms with van der Waals surface area (Å²) >= 11 is 0. The summed E-state index contributed by atoms with van der Waals surface area (Å²) in [5.41, 5.74) is 3.27. The molecule has 1 aromatic rings. The number of nitrogens with zero attached hydrogens (tertiary/aromatic N) is 2. The molecule has 1 amide bonds. The molecule has 6 nitrogen and oxygen atoms in total. The van der Waals surface area contributed by atoms with Crippen LogP contribution in [0.2, 0.25) is 0 Å². The highest BCUT2D eigenvalue weighted by molar-refractivity contribution is 5.95. The monoisotopic (exact) mass is 399 g/mol.